The predicted octanol–water partition coefficient (Wildman–Crippen LogP) is 3.76. The Hall–Kier alpha value is -1.16. The SMILES string of the molecule is NNC(c1ccc(Br)cc1)C1CC1c1ccccc1. The third kappa shape index (κ3) is 2.73. The molecule has 0 amide bonds. The highest BCUT2D eigenvalue weighted by atomic mass is 79.9. The summed E-state index contributed by atoms with van der Waals surface area (Å²) < 4.78 is 1.10. The second-order valence-electron chi connectivity index (χ2n) is 5.11. The molecule has 19 heavy (non-hydrogen) atoms. The summed E-state index contributed by atoms with van der Waals surface area (Å²) in [5.74, 6) is 6.98. The summed E-state index contributed by atoms with van der Waals surface area (Å²) in [6.45, 7) is 0. The second kappa shape index (κ2) is 5.45. The number of nitrogens with two attached hydrogens (primary N) is 1. The molecule has 1 fully saturated rings. The summed E-state index contributed by atoms with van der Waals surface area (Å²) in [6, 6.07) is 19.3. The minimum Gasteiger partial charge on any atom is -0.271 e. The van der Waals surface area contributed by atoms with E-state index < -0.39 is 0 Å². The average Bonchev–Trinajstić information content (AvgIpc) is 3.23. The summed E-state index contributed by atoms with van der Waals surface area (Å²) >= 11 is 3.47. The maximum absolute atomic E-state index is 5.76. The first-order valence-electron chi connectivity index (χ1n) is 6.56. The normalized spacial score (nSPS) is 23.1. The molecular formula is C16H17BrN2. The van der Waals surface area contributed by atoms with Crippen LogP contribution >= 0.6 is 15.9 Å². The van der Waals surface area contributed by atoms with Gasteiger partial charge in [-0.15, -0.1) is 0 Å². The summed E-state index contributed by atoms with van der Waals surface area (Å²) in [5, 5.41) is 0. The van der Waals surface area contributed by atoms with Gasteiger partial charge in [-0.1, -0.05) is 58.4 Å². The Balaban J connectivity index is 1.77. The van der Waals surface area contributed by atoms with Gasteiger partial charge in [-0.25, -0.2) is 0 Å². The zero-order chi connectivity index (χ0) is 13.2. The molecular weight excluding hydrogens is 300 g/mol. The summed E-state index contributed by atoms with van der Waals surface area (Å²) in [7, 11) is 0. The zero-order valence-electron chi connectivity index (χ0n) is 10.6. The van der Waals surface area contributed by atoms with Crippen LogP contribution in [-0.4, -0.2) is 0 Å². The molecule has 2 aromatic rings. The molecule has 98 valence electrons. The second-order valence-corrected chi connectivity index (χ2v) is 6.03. The third-order valence-electron chi connectivity index (χ3n) is 3.90. The average molecular weight is 317 g/mol. The molecule has 3 rings (SSSR count). The Morgan fingerprint density at radius 1 is 1.05 bits per heavy atom. The van der Waals surface area contributed by atoms with Crippen LogP contribution in [-0.2, 0) is 0 Å². The van der Waals surface area contributed by atoms with Gasteiger partial charge in [0.25, 0.3) is 0 Å². The van der Waals surface area contributed by atoms with Crippen LogP contribution in [0.1, 0.15) is 29.5 Å². The van der Waals surface area contributed by atoms with Gasteiger partial charge in [0.05, 0.1) is 0 Å². The molecule has 1 saturated carbocycles. The van der Waals surface area contributed by atoms with Gasteiger partial charge >= 0.3 is 0 Å². The Labute approximate surface area is 122 Å². The van der Waals surface area contributed by atoms with Crippen LogP contribution in [0.4, 0.5) is 0 Å². The van der Waals surface area contributed by atoms with E-state index in [0.717, 1.165) is 4.47 Å². The van der Waals surface area contributed by atoms with Gasteiger partial charge in [0.1, 0.15) is 0 Å². The Morgan fingerprint density at radius 3 is 2.37 bits per heavy atom. The summed E-state index contributed by atoms with van der Waals surface area (Å²) in [4.78, 5) is 0. The summed E-state index contributed by atoms with van der Waals surface area (Å²) in [5.41, 5.74) is 5.66. The first-order chi connectivity index (χ1) is 9.29. The van der Waals surface area contributed by atoms with Crippen LogP contribution in [0, 0.1) is 5.92 Å². The fraction of sp³-hybridized carbons (Fsp3) is 0.250. The number of hydrogen-bond donors (Lipinski definition) is 2. The lowest BCUT2D eigenvalue weighted by molar-refractivity contribution is 0.487. The van der Waals surface area contributed by atoms with Crippen LogP contribution in [0.25, 0.3) is 0 Å². The van der Waals surface area contributed by atoms with Crippen molar-refractivity contribution in [2.45, 2.75) is 18.4 Å². The van der Waals surface area contributed by atoms with Gasteiger partial charge in [0, 0.05) is 10.5 Å². The Kier molecular flexibility index (Phi) is 3.69. The van der Waals surface area contributed by atoms with E-state index in [1.807, 2.05) is 0 Å². The maximum Gasteiger partial charge on any atom is 0.0494 e. The van der Waals surface area contributed by atoms with Gasteiger partial charge in [0.15, 0.2) is 0 Å². The van der Waals surface area contributed by atoms with Gasteiger partial charge < -0.3 is 0 Å². The van der Waals surface area contributed by atoms with Crippen molar-refractivity contribution in [1.29, 1.82) is 0 Å². The van der Waals surface area contributed by atoms with Crippen molar-refractivity contribution < 1.29 is 0 Å². The molecule has 3 unspecified atom stereocenters. The van der Waals surface area contributed by atoms with Crippen molar-refractivity contribution in [3.63, 3.8) is 0 Å². The lowest BCUT2D eigenvalue weighted by atomic mass is 9.99. The van der Waals surface area contributed by atoms with E-state index >= 15 is 0 Å². The van der Waals surface area contributed by atoms with E-state index in [2.05, 4.69) is 76.0 Å². The molecule has 3 atom stereocenters. The quantitative estimate of drug-likeness (QED) is 0.666. The van der Waals surface area contributed by atoms with Crippen molar-refractivity contribution in [1.82, 2.24) is 5.43 Å². The lowest BCUT2D eigenvalue weighted by Gasteiger charge is -2.16. The van der Waals surface area contributed by atoms with E-state index in [4.69, 9.17) is 5.84 Å². The molecule has 1 aliphatic carbocycles. The molecule has 0 bridgehead atoms. The van der Waals surface area contributed by atoms with Crippen LogP contribution in [0.2, 0.25) is 0 Å². The molecule has 1 aliphatic rings. The van der Waals surface area contributed by atoms with Gasteiger partial charge in [-0.05, 0) is 41.5 Å². The third-order valence-corrected chi connectivity index (χ3v) is 4.43. The molecule has 3 N–H and O–H groups in total. The van der Waals surface area contributed by atoms with Gasteiger partial charge in [-0.2, -0.15) is 0 Å². The fourth-order valence-corrected chi connectivity index (χ4v) is 3.07. The molecule has 0 spiro atoms. The summed E-state index contributed by atoms with van der Waals surface area (Å²) in [6.07, 6.45) is 1.20. The van der Waals surface area contributed by atoms with Crippen molar-refractivity contribution in [3.05, 3.63) is 70.2 Å². The number of benzene rings is 2. The smallest absolute Gasteiger partial charge is 0.0494 e. The van der Waals surface area contributed by atoms with Gasteiger partial charge in [-0.3, -0.25) is 11.3 Å². The lowest BCUT2D eigenvalue weighted by Crippen LogP contribution is -2.29. The van der Waals surface area contributed by atoms with Crippen LogP contribution in [0.15, 0.2) is 59.1 Å². The van der Waals surface area contributed by atoms with Crippen molar-refractivity contribution in [2.75, 3.05) is 0 Å². The molecule has 0 saturated heterocycles. The standard InChI is InChI=1S/C16H17BrN2/c17-13-8-6-12(7-9-13)16(19-18)15-10-14(15)11-4-2-1-3-5-11/h1-9,14-16,19H,10,18H2. The first-order valence-corrected chi connectivity index (χ1v) is 7.35. The van der Waals surface area contributed by atoms with Gasteiger partial charge in [0.2, 0.25) is 0 Å². The number of hydrazine groups is 1. The largest absolute Gasteiger partial charge is 0.271 e. The fourth-order valence-electron chi connectivity index (χ4n) is 2.80. The molecule has 0 aromatic heterocycles. The maximum atomic E-state index is 5.76. The van der Waals surface area contributed by atoms with Crippen molar-refractivity contribution >= 4 is 15.9 Å². The topological polar surface area (TPSA) is 38.0 Å². The van der Waals surface area contributed by atoms with Crippen LogP contribution < -0.4 is 11.3 Å². The van der Waals surface area contributed by atoms with E-state index in [0.29, 0.717) is 11.8 Å². The van der Waals surface area contributed by atoms with Crippen molar-refractivity contribution in [3.8, 4) is 0 Å². The number of nitrogens with one attached hydrogen (secondary N) is 1. The molecule has 3 heteroatoms. The highest BCUT2D eigenvalue weighted by molar-refractivity contribution is 9.10. The first kappa shape index (κ1) is 12.9. The number of hydrogen-bond acceptors (Lipinski definition) is 2. The number of rotatable bonds is 4. The Bertz CT molecular complexity index is 538. The van der Waals surface area contributed by atoms with Crippen LogP contribution in [0.5, 0.6) is 0 Å². The van der Waals surface area contributed by atoms with E-state index in [-0.39, 0.29) is 6.04 Å². The molecule has 0 radical (unpaired) electrons. The van der Waals surface area contributed by atoms with E-state index in [9.17, 15) is 0 Å². The molecule has 2 aromatic carbocycles. The minimum absolute atomic E-state index is 0.235. The molecule has 0 aliphatic heterocycles. The monoisotopic (exact) mass is 316 g/mol. The highest BCUT2D eigenvalue weighted by Gasteiger charge is 2.43. The van der Waals surface area contributed by atoms with Crippen LogP contribution in [0.3, 0.4) is 0 Å². The van der Waals surface area contributed by atoms with E-state index in [1.54, 1.807) is 0 Å². The Morgan fingerprint density at radius 2 is 1.74 bits per heavy atom. The zero-order valence-corrected chi connectivity index (χ0v) is 12.2. The van der Waals surface area contributed by atoms with E-state index in [1.165, 1.54) is 17.5 Å². The molecule has 0 heterocycles. The minimum atomic E-state index is 0.235. The molecule has 2 nitrogen and oxygen atoms in total. The number of halogens is 1. The van der Waals surface area contributed by atoms with Crippen molar-refractivity contribution in [2.24, 2.45) is 11.8 Å². The highest BCUT2D eigenvalue weighted by Crippen LogP contribution is 2.53. The predicted molar refractivity (Wildman–Crippen MR) is 81.5 cm³/mol.